The van der Waals surface area contributed by atoms with E-state index in [0.29, 0.717) is 16.8 Å². The summed E-state index contributed by atoms with van der Waals surface area (Å²) < 4.78 is 14.7. The zero-order chi connectivity index (χ0) is 11.7. The summed E-state index contributed by atoms with van der Waals surface area (Å²) in [6.07, 6.45) is 2.39. The second-order valence-corrected chi connectivity index (χ2v) is 3.69. The van der Waals surface area contributed by atoms with Gasteiger partial charge in [-0.05, 0) is 30.7 Å². The number of aldehydes is 1. The molecule has 0 aliphatic rings. The number of halogens is 1. The molecule has 82 valence electrons. The van der Waals surface area contributed by atoms with Crippen molar-refractivity contribution < 1.29 is 9.18 Å². The molecule has 0 unspecified atom stereocenters. The van der Waals surface area contributed by atoms with Crippen molar-refractivity contribution in [1.82, 2.24) is 9.78 Å². The molecule has 0 radical (unpaired) electrons. The summed E-state index contributed by atoms with van der Waals surface area (Å²) in [4.78, 5) is 10.8. The predicted octanol–water partition coefficient (Wildman–Crippen LogP) is 2.35. The van der Waals surface area contributed by atoms with Crippen LogP contribution >= 0.6 is 0 Å². The van der Waals surface area contributed by atoms with E-state index in [0.717, 1.165) is 11.8 Å². The Kier molecular flexibility index (Phi) is 2.56. The fourth-order valence-corrected chi connectivity index (χ4v) is 1.61. The van der Waals surface area contributed by atoms with Gasteiger partial charge in [-0.25, -0.2) is 4.39 Å². The van der Waals surface area contributed by atoms with Crippen molar-refractivity contribution in [2.45, 2.75) is 6.92 Å². The molecule has 0 bridgehead atoms. The Hall–Kier alpha value is -1.97. The highest BCUT2D eigenvalue weighted by Crippen LogP contribution is 2.22. The van der Waals surface area contributed by atoms with Gasteiger partial charge >= 0.3 is 0 Å². The Morgan fingerprint density at radius 1 is 1.44 bits per heavy atom. The fourth-order valence-electron chi connectivity index (χ4n) is 1.61. The SMILES string of the molecule is Cc1cc(-c2nn(C)cc2C=O)ccc1F. The van der Waals surface area contributed by atoms with E-state index < -0.39 is 0 Å². The van der Waals surface area contributed by atoms with Gasteiger partial charge in [0.1, 0.15) is 11.5 Å². The van der Waals surface area contributed by atoms with Crippen LogP contribution in [-0.4, -0.2) is 16.1 Å². The van der Waals surface area contributed by atoms with Crippen molar-refractivity contribution in [1.29, 1.82) is 0 Å². The first kappa shape index (κ1) is 10.5. The summed E-state index contributed by atoms with van der Waals surface area (Å²) in [7, 11) is 1.74. The largest absolute Gasteiger partial charge is 0.298 e. The molecule has 0 aliphatic heterocycles. The van der Waals surface area contributed by atoms with Gasteiger partial charge in [-0.15, -0.1) is 0 Å². The van der Waals surface area contributed by atoms with E-state index in [2.05, 4.69) is 5.10 Å². The lowest BCUT2D eigenvalue weighted by Crippen LogP contribution is -1.90. The maximum absolute atomic E-state index is 13.1. The molecule has 2 aromatic rings. The molecular formula is C12H11FN2O. The summed E-state index contributed by atoms with van der Waals surface area (Å²) in [5, 5.41) is 4.19. The van der Waals surface area contributed by atoms with Crippen LogP contribution in [0.25, 0.3) is 11.3 Å². The molecule has 0 fully saturated rings. The van der Waals surface area contributed by atoms with Crippen molar-refractivity contribution in [3.63, 3.8) is 0 Å². The number of hydrogen-bond acceptors (Lipinski definition) is 2. The van der Waals surface area contributed by atoms with Crippen molar-refractivity contribution in [2.75, 3.05) is 0 Å². The number of aromatic nitrogens is 2. The lowest BCUT2D eigenvalue weighted by atomic mass is 10.1. The Bertz CT molecular complexity index is 546. The molecule has 0 atom stereocenters. The smallest absolute Gasteiger partial charge is 0.153 e. The number of carbonyl (C=O) groups excluding carboxylic acids is 1. The van der Waals surface area contributed by atoms with E-state index in [-0.39, 0.29) is 5.82 Å². The van der Waals surface area contributed by atoms with Crippen LogP contribution in [0.2, 0.25) is 0 Å². The van der Waals surface area contributed by atoms with E-state index in [4.69, 9.17) is 0 Å². The van der Waals surface area contributed by atoms with Gasteiger partial charge in [0.05, 0.1) is 5.56 Å². The average molecular weight is 218 g/mol. The predicted molar refractivity (Wildman–Crippen MR) is 58.7 cm³/mol. The number of aryl methyl sites for hydroxylation is 2. The summed E-state index contributed by atoms with van der Waals surface area (Å²) in [5.41, 5.74) is 2.38. The molecule has 16 heavy (non-hydrogen) atoms. The minimum absolute atomic E-state index is 0.257. The van der Waals surface area contributed by atoms with Crippen LogP contribution in [-0.2, 0) is 7.05 Å². The van der Waals surface area contributed by atoms with Gasteiger partial charge in [0, 0.05) is 18.8 Å². The molecule has 0 saturated carbocycles. The third-order valence-corrected chi connectivity index (χ3v) is 2.42. The Balaban J connectivity index is 2.57. The first-order valence-corrected chi connectivity index (χ1v) is 4.87. The monoisotopic (exact) mass is 218 g/mol. The molecule has 0 saturated heterocycles. The highest BCUT2D eigenvalue weighted by atomic mass is 19.1. The van der Waals surface area contributed by atoms with E-state index in [1.165, 1.54) is 6.07 Å². The quantitative estimate of drug-likeness (QED) is 0.725. The van der Waals surface area contributed by atoms with Crippen molar-refractivity contribution in [3.8, 4) is 11.3 Å². The highest BCUT2D eigenvalue weighted by molar-refractivity contribution is 5.85. The average Bonchev–Trinajstić information content (AvgIpc) is 2.63. The van der Waals surface area contributed by atoms with E-state index in [9.17, 15) is 9.18 Å². The second kappa shape index (κ2) is 3.89. The summed E-state index contributed by atoms with van der Waals surface area (Å²) in [5.74, 6) is -0.257. The van der Waals surface area contributed by atoms with Gasteiger partial charge in [-0.2, -0.15) is 5.10 Å². The third-order valence-electron chi connectivity index (χ3n) is 2.42. The van der Waals surface area contributed by atoms with Gasteiger partial charge in [0.2, 0.25) is 0 Å². The van der Waals surface area contributed by atoms with Crippen LogP contribution in [0.3, 0.4) is 0 Å². The maximum Gasteiger partial charge on any atom is 0.153 e. The second-order valence-electron chi connectivity index (χ2n) is 3.69. The van der Waals surface area contributed by atoms with Crippen LogP contribution in [0.15, 0.2) is 24.4 Å². The molecule has 1 aromatic heterocycles. The summed E-state index contributed by atoms with van der Waals surface area (Å²) >= 11 is 0. The summed E-state index contributed by atoms with van der Waals surface area (Å²) in [6.45, 7) is 1.68. The molecular weight excluding hydrogens is 207 g/mol. The van der Waals surface area contributed by atoms with E-state index in [1.807, 2.05) is 0 Å². The van der Waals surface area contributed by atoms with Crippen molar-refractivity contribution >= 4 is 6.29 Å². The standard InChI is InChI=1S/C12H11FN2O/c1-8-5-9(3-4-11(8)13)12-10(7-16)6-15(2)14-12/h3-7H,1-2H3. The van der Waals surface area contributed by atoms with Crippen LogP contribution in [0.1, 0.15) is 15.9 Å². The first-order chi connectivity index (χ1) is 7.61. The van der Waals surface area contributed by atoms with Gasteiger partial charge in [-0.3, -0.25) is 9.48 Å². The van der Waals surface area contributed by atoms with Crippen LogP contribution in [0.4, 0.5) is 4.39 Å². The molecule has 2 rings (SSSR count). The van der Waals surface area contributed by atoms with Crippen molar-refractivity contribution in [3.05, 3.63) is 41.3 Å². The van der Waals surface area contributed by atoms with Crippen LogP contribution in [0, 0.1) is 12.7 Å². The number of carbonyl (C=O) groups is 1. The number of benzene rings is 1. The highest BCUT2D eigenvalue weighted by Gasteiger charge is 2.10. The fraction of sp³-hybridized carbons (Fsp3) is 0.167. The van der Waals surface area contributed by atoms with Crippen LogP contribution < -0.4 is 0 Å². The molecule has 3 nitrogen and oxygen atoms in total. The van der Waals surface area contributed by atoms with Crippen LogP contribution in [0.5, 0.6) is 0 Å². The van der Waals surface area contributed by atoms with E-state index in [1.54, 1.807) is 37.0 Å². The molecule has 1 heterocycles. The lowest BCUT2D eigenvalue weighted by Gasteiger charge is -2.01. The molecule has 4 heteroatoms. The van der Waals surface area contributed by atoms with E-state index >= 15 is 0 Å². The van der Waals surface area contributed by atoms with Gasteiger partial charge in [-0.1, -0.05) is 0 Å². The number of nitrogens with zero attached hydrogens (tertiary/aromatic N) is 2. The lowest BCUT2D eigenvalue weighted by molar-refractivity contribution is 0.112. The molecule has 0 spiro atoms. The molecule has 1 aromatic carbocycles. The Morgan fingerprint density at radius 2 is 2.19 bits per heavy atom. The van der Waals surface area contributed by atoms with Gasteiger partial charge in [0.25, 0.3) is 0 Å². The number of rotatable bonds is 2. The van der Waals surface area contributed by atoms with Crippen molar-refractivity contribution in [2.24, 2.45) is 7.05 Å². The normalized spacial score (nSPS) is 10.4. The van der Waals surface area contributed by atoms with Gasteiger partial charge in [0.15, 0.2) is 6.29 Å². The Morgan fingerprint density at radius 3 is 2.81 bits per heavy atom. The molecule has 0 N–H and O–H groups in total. The molecule has 0 amide bonds. The minimum atomic E-state index is -0.257. The first-order valence-electron chi connectivity index (χ1n) is 4.87. The topological polar surface area (TPSA) is 34.9 Å². The zero-order valence-corrected chi connectivity index (χ0v) is 9.07. The third kappa shape index (κ3) is 1.74. The maximum atomic E-state index is 13.1. The Labute approximate surface area is 92.5 Å². The summed E-state index contributed by atoms with van der Waals surface area (Å²) in [6, 6.07) is 4.69. The zero-order valence-electron chi connectivity index (χ0n) is 9.07. The number of hydrogen-bond donors (Lipinski definition) is 0. The van der Waals surface area contributed by atoms with Gasteiger partial charge < -0.3 is 0 Å². The molecule has 0 aliphatic carbocycles. The minimum Gasteiger partial charge on any atom is -0.298 e.